The lowest BCUT2D eigenvalue weighted by molar-refractivity contribution is -0.272. The maximum absolute atomic E-state index is 13.3. The van der Waals surface area contributed by atoms with Crippen LogP contribution in [0.25, 0.3) is 0 Å². The SMILES string of the molecule is Cn1ccnc1C(O)(CCNC(=O)CSc1ccc(F)c(F)c1)C(F)(F)F. The van der Waals surface area contributed by atoms with Crippen LogP contribution in [0.5, 0.6) is 0 Å². The van der Waals surface area contributed by atoms with Gasteiger partial charge in [0.1, 0.15) is 5.82 Å². The number of aliphatic hydroxyl groups is 1. The van der Waals surface area contributed by atoms with Gasteiger partial charge < -0.3 is 15.0 Å². The van der Waals surface area contributed by atoms with Gasteiger partial charge >= 0.3 is 6.18 Å². The first-order valence-corrected chi connectivity index (χ1v) is 8.64. The number of hydrogen-bond donors (Lipinski definition) is 2. The van der Waals surface area contributed by atoms with Crippen LogP contribution in [0.4, 0.5) is 22.0 Å². The lowest BCUT2D eigenvalue weighted by Gasteiger charge is -2.29. The quantitative estimate of drug-likeness (QED) is 0.545. The zero-order valence-corrected chi connectivity index (χ0v) is 14.9. The highest BCUT2D eigenvalue weighted by Crippen LogP contribution is 2.40. The minimum absolute atomic E-state index is 0.210. The number of aromatic nitrogens is 2. The molecule has 1 aromatic carbocycles. The van der Waals surface area contributed by atoms with Crippen molar-refractivity contribution < 1.29 is 31.9 Å². The smallest absolute Gasteiger partial charge is 0.374 e. The predicted molar refractivity (Wildman–Crippen MR) is 87.9 cm³/mol. The fourth-order valence-electron chi connectivity index (χ4n) is 2.29. The fourth-order valence-corrected chi connectivity index (χ4v) is 3.04. The Morgan fingerprint density at radius 3 is 2.56 bits per heavy atom. The summed E-state index contributed by atoms with van der Waals surface area (Å²) < 4.78 is 66.9. The molecule has 2 aromatic rings. The van der Waals surface area contributed by atoms with Gasteiger partial charge in [0.25, 0.3) is 0 Å². The van der Waals surface area contributed by atoms with Crippen LogP contribution in [0.15, 0.2) is 35.5 Å². The number of amides is 1. The predicted octanol–water partition coefficient (Wildman–Crippen LogP) is 2.75. The number of hydrogen-bond acceptors (Lipinski definition) is 4. The molecule has 0 aliphatic rings. The Bertz CT molecular complexity index is 812. The topological polar surface area (TPSA) is 67.2 Å². The number of aryl methyl sites for hydroxylation is 1. The molecule has 2 rings (SSSR count). The second-order valence-corrected chi connectivity index (χ2v) is 6.73. The molecule has 1 atom stereocenters. The summed E-state index contributed by atoms with van der Waals surface area (Å²) in [4.78, 5) is 15.6. The van der Waals surface area contributed by atoms with Gasteiger partial charge in [-0.3, -0.25) is 4.79 Å². The van der Waals surface area contributed by atoms with E-state index < -0.39 is 48.1 Å². The maximum Gasteiger partial charge on any atom is 0.424 e. The first kappa shape index (κ1) is 21.2. The number of alkyl halides is 3. The van der Waals surface area contributed by atoms with Crippen LogP contribution in [0.3, 0.4) is 0 Å². The van der Waals surface area contributed by atoms with Crippen LogP contribution in [-0.2, 0) is 17.4 Å². The Morgan fingerprint density at radius 2 is 2.00 bits per heavy atom. The van der Waals surface area contributed by atoms with Crippen molar-refractivity contribution in [2.24, 2.45) is 7.05 Å². The lowest BCUT2D eigenvalue weighted by atomic mass is 9.97. The average molecular weight is 409 g/mol. The monoisotopic (exact) mass is 409 g/mol. The molecule has 0 fully saturated rings. The average Bonchev–Trinajstić information content (AvgIpc) is 3.01. The summed E-state index contributed by atoms with van der Waals surface area (Å²) in [6, 6.07) is 3.10. The van der Waals surface area contributed by atoms with Gasteiger partial charge in [0.05, 0.1) is 5.75 Å². The standard InChI is InChI=1S/C16H16F5N3O2S/c1-24-7-6-23-14(24)15(26,16(19,20)21)4-5-22-13(25)9-27-10-2-3-11(17)12(18)8-10/h2-3,6-8,26H,4-5,9H2,1H3,(H,22,25). The van der Waals surface area contributed by atoms with Crippen LogP contribution in [0, 0.1) is 11.6 Å². The first-order chi connectivity index (χ1) is 12.5. The number of rotatable bonds is 7. The van der Waals surface area contributed by atoms with Gasteiger partial charge in [-0.25, -0.2) is 13.8 Å². The van der Waals surface area contributed by atoms with Crippen LogP contribution in [0.1, 0.15) is 12.2 Å². The minimum Gasteiger partial charge on any atom is -0.374 e. The largest absolute Gasteiger partial charge is 0.424 e. The molecule has 0 radical (unpaired) electrons. The van der Waals surface area contributed by atoms with Gasteiger partial charge in [-0.05, 0) is 18.2 Å². The van der Waals surface area contributed by atoms with E-state index in [1.807, 2.05) is 0 Å². The molecule has 1 amide bonds. The van der Waals surface area contributed by atoms with Crippen molar-refractivity contribution in [2.45, 2.75) is 23.1 Å². The Morgan fingerprint density at radius 1 is 1.30 bits per heavy atom. The molecule has 1 heterocycles. The number of carbonyl (C=O) groups is 1. The summed E-state index contributed by atoms with van der Waals surface area (Å²) in [6.07, 6.45) is -3.42. The van der Waals surface area contributed by atoms with Gasteiger partial charge in [0, 0.05) is 37.3 Å². The van der Waals surface area contributed by atoms with Crippen molar-refractivity contribution in [3.05, 3.63) is 48.1 Å². The summed E-state index contributed by atoms with van der Waals surface area (Å²) in [5.74, 6) is -3.50. The summed E-state index contributed by atoms with van der Waals surface area (Å²) in [7, 11) is 1.32. The van der Waals surface area contributed by atoms with E-state index in [2.05, 4.69) is 10.3 Å². The van der Waals surface area contributed by atoms with Gasteiger partial charge in [0.15, 0.2) is 11.6 Å². The molecule has 0 saturated heterocycles. The van der Waals surface area contributed by atoms with Crippen molar-refractivity contribution >= 4 is 17.7 Å². The maximum atomic E-state index is 13.3. The molecule has 0 saturated carbocycles. The van der Waals surface area contributed by atoms with E-state index >= 15 is 0 Å². The van der Waals surface area contributed by atoms with Crippen molar-refractivity contribution in [3.8, 4) is 0 Å². The molecule has 0 aliphatic carbocycles. The van der Waals surface area contributed by atoms with E-state index in [0.717, 1.165) is 34.7 Å². The number of thioether (sulfide) groups is 1. The molecule has 148 valence electrons. The minimum atomic E-state index is -4.99. The third-order valence-electron chi connectivity index (χ3n) is 3.73. The van der Waals surface area contributed by atoms with E-state index in [1.165, 1.54) is 19.3 Å². The van der Waals surface area contributed by atoms with Crippen LogP contribution >= 0.6 is 11.8 Å². The summed E-state index contributed by atoms with van der Waals surface area (Å²) in [5.41, 5.74) is -3.22. The van der Waals surface area contributed by atoms with Gasteiger partial charge in [0.2, 0.25) is 11.5 Å². The number of carbonyl (C=O) groups excluding carboxylic acids is 1. The Balaban J connectivity index is 1.92. The van der Waals surface area contributed by atoms with Gasteiger partial charge in [-0.1, -0.05) is 0 Å². The molecule has 0 spiro atoms. The van der Waals surface area contributed by atoms with E-state index in [1.54, 1.807) is 0 Å². The molecule has 0 aliphatic heterocycles. The number of imidazole rings is 1. The molecule has 11 heteroatoms. The molecule has 5 nitrogen and oxygen atoms in total. The fraction of sp³-hybridized carbons (Fsp3) is 0.375. The van der Waals surface area contributed by atoms with Crippen LogP contribution in [-0.4, -0.2) is 39.0 Å². The second kappa shape index (κ2) is 8.26. The number of halogens is 5. The lowest BCUT2D eigenvalue weighted by Crippen LogP contribution is -2.46. The Hall–Kier alpha value is -2.14. The highest BCUT2D eigenvalue weighted by atomic mass is 32.2. The summed E-state index contributed by atoms with van der Waals surface area (Å²) in [6.45, 7) is -0.458. The van der Waals surface area contributed by atoms with E-state index in [9.17, 15) is 31.9 Å². The first-order valence-electron chi connectivity index (χ1n) is 7.66. The van der Waals surface area contributed by atoms with Crippen molar-refractivity contribution in [1.82, 2.24) is 14.9 Å². The van der Waals surface area contributed by atoms with Crippen molar-refractivity contribution in [3.63, 3.8) is 0 Å². The van der Waals surface area contributed by atoms with Crippen LogP contribution in [0.2, 0.25) is 0 Å². The molecule has 1 aromatic heterocycles. The van der Waals surface area contributed by atoms with E-state index in [4.69, 9.17) is 0 Å². The molecule has 0 bridgehead atoms. The molecular formula is C16H16F5N3O2S. The molecular weight excluding hydrogens is 393 g/mol. The molecule has 27 heavy (non-hydrogen) atoms. The zero-order chi connectivity index (χ0) is 20.2. The van der Waals surface area contributed by atoms with Crippen molar-refractivity contribution in [1.29, 1.82) is 0 Å². The van der Waals surface area contributed by atoms with Crippen LogP contribution < -0.4 is 5.32 Å². The summed E-state index contributed by atoms with van der Waals surface area (Å²) >= 11 is 0.895. The second-order valence-electron chi connectivity index (χ2n) is 5.68. The number of nitrogens with one attached hydrogen (secondary N) is 1. The molecule has 2 N–H and O–H groups in total. The Kier molecular flexibility index (Phi) is 6.47. The van der Waals surface area contributed by atoms with Gasteiger partial charge in [-0.2, -0.15) is 13.2 Å². The van der Waals surface area contributed by atoms with Gasteiger partial charge in [-0.15, -0.1) is 11.8 Å². The van der Waals surface area contributed by atoms with Crippen molar-refractivity contribution in [2.75, 3.05) is 12.3 Å². The highest BCUT2D eigenvalue weighted by Gasteiger charge is 2.57. The highest BCUT2D eigenvalue weighted by molar-refractivity contribution is 8.00. The van der Waals surface area contributed by atoms with E-state index in [-0.39, 0.29) is 5.75 Å². The zero-order valence-electron chi connectivity index (χ0n) is 14.1. The normalized spacial score (nSPS) is 14.0. The van der Waals surface area contributed by atoms with E-state index in [0.29, 0.717) is 4.90 Å². The third kappa shape index (κ3) is 4.98. The number of benzene rings is 1. The summed E-state index contributed by atoms with van der Waals surface area (Å²) in [5, 5.41) is 12.4. The number of nitrogens with zero attached hydrogens (tertiary/aromatic N) is 2. The third-order valence-corrected chi connectivity index (χ3v) is 4.72. The molecule has 1 unspecified atom stereocenters. The Labute approximate surface area is 155 Å².